The quantitative estimate of drug-likeness (QED) is 0.888. The maximum Gasteiger partial charge on any atom is 0.257 e. The Hall–Kier alpha value is -2.63. The van der Waals surface area contributed by atoms with E-state index in [2.05, 4.69) is 15.6 Å². The smallest absolute Gasteiger partial charge is 0.257 e. The van der Waals surface area contributed by atoms with Crippen LogP contribution in [-0.4, -0.2) is 24.5 Å². The van der Waals surface area contributed by atoms with Gasteiger partial charge in [0.15, 0.2) is 0 Å². The molecule has 21 heavy (non-hydrogen) atoms. The Balaban J connectivity index is 2.26. The lowest BCUT2D eigenvalue weighted by Crippen LogP contribution is -2.15. The minimum absolute atomic E-state index is 0.266. The second-order valence-electron chi connectivity index (χ2n) is 4.25. The van der Waals surface area contributed by atoms with Crippen LogP contribution in [0.25, 0.3) is 0 Å². The summed E-state index contributed by atoms with van der Waals surface area (Å²) in [6.07, 6.45) is 3.12. The molecule has 0 fully saturated rings. The molecule has 0 unspecified atom stereocenters. The number of pyridine rings is 1. The van der Waals surface area contributed by atoms with Crippen LogP contribution >= 0.6 is 0 Å². The summed E-state index contributed by atoms with van der Waals surface area (Å²) in [5.74, 6) is -0.484. The monoisotopic (exact) mass is 289 g/mol. The van der Waals surface area contributed by atoms with Gasteiger partial charge in [0.25, 0.3) is 5.91 Å². The van der Waals surface area contributed by atoms with E-state index >= 15 is 0 Å². The van der Waals surface area contributed by atoms with Crippen LogP contribution in [0.2, 0.25) is 0 Å². The summed E-state index contributed by atoms with van der Waals surface area (Å²) in [5, 5.41) is 5.77. The number of ether oxygens (including phenoxy) is 1. The Bertz CT molecular complexity index is 647. The number of nitrogens with zero attached hydrogens (tertiary/aromatic N) is 1. The second-order valence-corrected chi connectivity index (χ2v) is 4.25. The zero-order valence-electron chi connectivity index (χ0n) is 11.8. The van der Waals surface area contributed by atoms with Crippen molar-refractivity contribution >= 4 is 17.3 Å². The third-order valence-electron chi connectivity index (χ3n) is 2.84. The van der Waals surface area contributed by atoms with Crippen LogP contribution in [-0.2, 0) is 0 Å². The van der Waals surface area contributed by atoms with Crippen LogP contribution in [0.5, 0.6) is 5.75 Å². The van der Waals surface area contributed by atoms with Crippen molar-refractivity contribution in [3.8, 4) is 5.75 Å². The lowest BCUT2D eigenvalue weighted by atomic mass is 10.2. The molecule has 0 saturated heterocycles. The summed E-state index contributed by atoms with van der Waals surface area (Å²) in [6.45, 7) is 2.60. The summed E-state index contributed by atoms with van der Waals surface area (Å²) >= 11 is 0. The number of methoxy groups -OCH3 is 1. The van der Waals surface area contributed by atoms with Gasteiger partial charge in [-0.05, 0) is 25.1 Å². The first-order valence-corrected chi connectivity index (χ1v) is 6.48. The molecule has 2 aromatic rings. The van der Waals surface area contributed by atoms with E-state index in [4.69, 9.17) is 4.74 Å². The van der Waals surface area contributed by atoms with Gasteiger partial charge < -0.3 is 15.4 Å². The minimum Gasteiger partial charge on any atom is -0.494 e. The maximum atomic E-state index is 13.1. The van der Waals surface area contributed by atoms with E-state index < -0.39 is 5.82 Å². The molecule has 1 aromatic heterocycles. The second kappa shape index (κ2) is 6.69. The molecule has 0 radical (unpaired) electrons. The van der Waals surface area contributed by atoms with Crippen LogP contribution < -0.4 is 15.4 Å². The Morgan fingerprint density at radius 3 is 2.86 bits per heavy atom. The molecule has 2 N–H and O–H groups in total. The van der Waals surface area contributed by atoms with E-state index in [-0.39, 0.29) is 11.7 Å². The lowest BCUT2D eigenvalue weighted by molar-refractivity contribution is 0.102. The molecular formula is C15H16FN3O2. The number of nitrogens with one attached hydrogen (secondary N) is 2. The highest BCUT2D eigenvalue weighted by molar-refractivity contribution is 6.08. The molecule has 1 aromatic carbocycles. The number of amides is 1. The maximum absolute atomic E-state index is 13.1. The molecule has 0 aliphatic carbocycles. The standard InChI is InChI=1S/C15H16FN3O2/c1-3-18-13-9-17-7-6-11(13)15(20)19-12-5-4-10(16)8-14(12)21-2/h4-9,18H,3H2,1-2H3,(H,19,20). The first-order chi connectivity index (χ1) is 10.2. The molecule has 6 heteroatoms. The van der Waals surface area contributed by atoms with Gasteiger partial charge in [0.05, 0.1) is 30.2 Å². The number of carbonyl (C=O) groups is 1. The van der Waals surface area contributed by atoms with Gasteiger partial charge in [-0.15, -0.1) is 0 Å². The summed E-state index contributed by atoms with van der Waals surface area (Å²) < 4.78 is 18.2. The molecule has 5 nitrogen and oxygen atoms in total. The Morgan fingerprint density at radius 2 is 2.14 bits per heavy atom. The largest absolute Gasteiger partial charge is 0.494 e. The van der Waals surface area contributed by atoms with Crippen molar-refractivity contribution in [2.45, 2.75) is 6.92 Å². The fourth-order valence-corrected chi connectivity index (χ4v) is 1.88. The van der Waals surface area contributed by atoms with Gasteiger partial charge in [-0.1, -0.05) is 0 Å². The molecule has 1 heterocycles. The van der Waals surface area contributed by atoms with E-state index in [0.29, 0.717) is 23.5 Å². The van der Waals surface area contributed by atoms with Gasteiger partial charge in [-0.2, -0.15) is 0 Å². The Kier molecular flexibility index (Phi) is 4.71. The molecule has 2 rings (SSSR count). The number of halogens is 1. The van der Waals surface area contributed by atoms with Crippen LogP contribution in [0, 0.1) is 5.82 Å². The lowest BCUT2D eigenvalue weighted by Gasteiger charge is -2.12. The van der Waals surface area contributed by atoms with Crippen molar-refractivity contribution in [3.63, 3.8) is 0 Å². The van der Waals surface area contributed by atoms with E-state index in [9.17, 15) is 9.18 Å². The Morgan fingerprint density at radius 1 is 1.33 bits per heavy atom. The van der Waals surface area contributed by atoms with Crippen LogP contribution in [0.3, 0.4) is 0 Å². The predicted octanol–water partition coefficient (Wildman–Crippen LogP) is 2.91. The number of carbonyl (C=O) groups excluding carboxylic acids is 1. The van der Waals surface area contributed by atoms with Crippen LogP contribution in [0.4, 0.5) is 15.8 Å². The zero-order chi connectivity index (χ0) is 15.2. The van der Waals surface area contributed by atoms with Crippen LogP contribution in [0.1, 0.15) is 17.3 Å². The molecule has 110 valence electrons. The number of hydrogen-bond acceptors (Lipinski definition) is 4. The molecule has 0 aliphatic rings. The van der Waals surface area contributed by atoms with Gasteiger partial charge in [0.2, 0.25) is 0 Å². The number of benzene rings is 1. The average Bonchev–Trinajstić information content (AvgIpc) is 2.49. The molecule has 0 saturated carbocycles. The highest BCUT2D eigenvalue weighted by atomic mass is 19.1. The summed E-state index contributed by atoms with van der Waals surface area (Å²) in [5.41, 5.74) is 1.50. The van der Waals surface area contributed by atoms with Gasteiger partial charge in [0, 0.05) is 18.8 Å². The average molecular weight is 289 g/mol. The fourth-order valence-electron chi connectivity index (χ4n) is 1.88. The van der Waals surface area contributed by atoms with Crippen molar-refractivity contribution < 1.29 is 13.9 Å². The van der Waals surface area contributed by atoms with Crippen molar-refractivity contribution in [2.24, 2.45) is 0 Å². The molecule has 1 amide bonds. The van der Waals surface area contributed by atoms with Crippen molar-refractivity contribution in [2.75, 3.05) is 24.3 Å². The number of rotatable bonds is 5. The minimum atomic E-state index is -0.429. The van der Waals surface area contributed by atoms with Gasteiger partial charge in [-0.3, -0.25) is 9.78 Å². The molecule has 0 spiro atoms. The van der Waals surface area contributed by atoms with Gasteiger partial charge in [-0.25, -0.2) is 4.39 Å². The summed E-state index contributed by atoms with van der Waals surface area (Å²) in [7, 11) is 1.42. The van der Waals surface area contributed by atoms with E-state index in [1.54, 1.807) is 12.3 Å². The van der Waals surface area contributed by atoms with Crippen molar-refractivity contribution in [1.29, 1.82) is 0 Å². The fraction of sp³-hybridized carbons (Fsp3) is 0.200. The molecule has 0 atom stereocenters. The third kappa shape index (κ3) is 3.47. The normalized spacial score (nSPS) is 10.0. The van der Waals surface area contributed by atoms with Gasteiger partial charge >= 0.3 is 0 Å². The molecule has 0 bridgehead atoms. The predicted molar refractivity (Wildman–Crippen MR) is 79.3 cm³/mol. The van der Waals surface area contributed by atoms with E-state index in [1.807, 2.05) is 6.92 Å². The van der Waals surface area contributed by atoms with Crippen molar-refractivity contribution in [3.05, 3.63) is 48.0 Å². The molecule has 0 aliphatic heterocycles. The first kappa shape index (κ1) is 14.8. The SMILES string of the molecule is CCNc1cnccc1C(=O)Nc1ccc(F)cc1OC. The van der Waals surface area contributed by atoms with Crippen LogP contribution in [0.15, 0.2) is 36.7 Å². The first-order valence-electron chi connectivity index (χ1n) is 6.48. The highest BCUT2D eigenvalue weighted by Crippen LogP contribution is 2.26. The third-order valence-corrected chi connectivity index (χ3v) is 2.84. The number of anilines is 2. The number of hydrogen-bond donors (Lipinski definition) is 2. The van der Waals surface area contributed by atoms with E-state index in [1.165, 1.54) is 31.5 Å². The van der Waals surface area contributed by atoms with Crippen molar-refractivity contribution in [1.82, 2.24) is 4.98 Å². The topological polar surface area (TPSA) is 63.2 Å². The number of aromatic nitrogens is 1. The summed E-state index contributed by atoms with van der Waals surface area (Å²) in [4.78, 5) is 16.3. The summed E-state index contributed by atoms with van der Waals surface area (Å²) in [6, 6.07) is 5.55. The highest BCUT2D eigenvalue weighted by Gasteiger charge is 2.13. The zero-order valence-corrected chi connectivity index (χ0v) is 11.8. The Labute approximate surface area is 122 Å². The molecular weight excluding hydrogens is 273 g/mol. The van der Waals surface area contributed by atoms with E-state index in [0.717, 1.165) is 0 Å². The van der Waals surface area contributed by atoms with Gasteiger partial charge in [0.1, 0.15) is 11.6 Å².